The van der Waals surface area contributed by atoms with Gasteiger partial charge in [-0.05, 0) is 65.8 Å². The molecule has 8 nitrogen and oxygen atoms in total. The number of hydrogen-bond donors (Lipinski definition) is 3. The van der Waals surface area contributed by atoms with E-state index in [0.717, 1.165) is 18.2 Å². The number of nitrogens with two attached hydrogens (primary N) is 1. The van der Waals surface area contributed by atoms with Crippen molar-refractivity contribution in [2.24, 2.45) is 5.73 Å². The summed E-state index contributed by atoms with van der Waals surface area (Å²) in [6, 6.07) is 12.7. The number of benzene rings is 3. The normalized spacial score (nSPS) is 11.2. The highest BCUT2D eigenvalue weighted by Gasteiger charge is 2.30. The molecule has 1 aromatic heterocycles. The van der Waals surface area contributed by atoms with Gasteiger partial charge in [-0.3, -0.25) is 14.6 Å². The summed E-state index contributed by atoms with van der Waals surface area (Å²) < 4.78 is 64.0. The van der Waals surface area contributed by atoms with Gasteiger partial charge in [-0.15, -0.1) is 0 Å². The second-order valence-electron chi connectivity index (χ2n) is 8.75. The first-order valence-corrected chi connectivity index (χ1v) is 12.3. The van der Waals surface area contributed by atoms with E-state index in [1.165, 1.54) is 49.7 Å². The average Bonchev–Trinajstić information content (AvgIpc) is 2.89. The first kappa shape index (κ1) is 29.4. The summed E-state index contributed by atoms with van der Waals surface area (Å²) in [5, 5.41) is 5.36. The van der Waals surface area contributed by atoms with E-state index in [9.17, 15) is 27.2 Å². The molecule has 0 spiro atoms. The SMILES string of the molecule is COCc1cc2nccc(Oc3ccc(NC(=S)NC(=O)Cc4ccc(C(F)(F)F)cc4)cc3F)c2cc1C(N)=O. The van der Waals surface area contributed by atoms with Crippen LogP contribution in [0.3, 0.4) is 0 Å². The Morgan fingerprint density at radius 3 is 2.39 bits per heavy atom. The summed E-state index contributed by atoms with van der Waals surface area (Å²) in [6.45, 7) is 0.140. The van der Waals surface area contributed by atoms with E-state index >= 15 is 0 Å². The van der Waals surface area contributed by atoms with Crippen LogP contribution in [0.1, 0.15) is 27.0 Å². The molecule has 41 heavy (non-hydrogen) atoms. The lowest BCUT2D eigenvalue weighted by Crippen LogP contribution is -2.35. The molecular formula is C28H22F4N4O4S. The highest BCUT2D eigenvalue weighted by atomic mass is 32.1. The number of primary amides is 1. The molecule has 0 atom stereocenters. The molecule has 0 aliphatic heterocycles. The van der Waals surface area contributed by atoms with Gasteiger partial charge >= 0.3 is 6.18 Å². The van der Waals surface area contributed by atoms with E-state index in [1.807, 2.05) is 0 Å². The van der Waals surface area contributed by atoms with Crippen molar-refractivity contribution in [3.63, 3.8) is 0 Å². The van der Waals surface area contributed by atoms with Crippen molar-refractivity contribution < 1.29 is 36.6 Å². The van der Waals surface area contributed by atoms with Crippen molar-refractivity contribution in [1.29, 1.82) is 0 Å². The number of alkyl halides is 3. The standard InChI is InChI=1S/C28H22F4N4O4S/c1-39-14-16-11-22-20(13-19(16)26(33)38)23(8-9-34-22)40-24-7-6-18(12-21(24)29)35-27(41)36-25(37)10-15-2-4-17(5-3-15)28(30,31)32/h2-9,11-13H,10,14H2,1H3,(H2,33,38)(H2,35,36,37,41). The molecule has 212 valence electrons. The van der Waals surface area contributed by atoms with Crippen molar-refractivity contribution in [3.05, 3.63) is 94.9 Å². The van der Waals surface area contributed by atoms with Crippen LogP contribution in [-0.4, -0.2) is 29.0 Å². The van der Waals surface area contributed by atoms with Gasteiger partial charge in [0, 0.05) is 36.0 Å². The number of carbonyl (C=O) groups excluding carboxylic acids is 2. The minimum Gasteiger partial charge on any atom is -0.454 e. The number of thiocarbonyl (C=S) groups is 1. The van der Waals surface area contributed by atoms with Crippen LogP contribution in [0.4, 0.5) is 23.2 Å². The Morgan fingerprint density at radius 1 is 1.02 bits per heavy atom. The largest absolute Gasteiger partial charge is 0.454 e. The zero-order chi connectivity index (χ0) is 29.7. The Bertz CT molecular complexity index is 1630. The minimum absolute atomic E-state index is 0.137. The maximum atomic E-state index is 14.9. The number of carbonyl (C=O) groups is 2. The predicted molar refractivity (Wildman–Crippen MR) is 147 cm³/mol. The third-order valence-corrected chi connectivity index (χ3v) is 6.00. The van der Waals surface area contributed by atoms with Crippen LogP contribution in [0.2, 0.25) is 0 Å². The number of rotatable bonds is 8. The first-order valence-electron chi connectivity index (χ1n) is 11.9. The Morgan fingerprint density at radius 2 is 1.76 bits per heavy atom. The van der Waals surface area contributed by atoms with Gasteiger partial charge in [0.1, 0.15) is 5.75 Å². The maximum absolute atomic E-state index is 14.9. The van der Waals surface area contributed by atoms with Crippen molar-refractivity contribution in [2.45, 2.75) is 19.2 Å². The number of nitrogens with zero attached hydrogens (tertiary/aromatic N) is 1. The van der Waals surface area contributed by atoms with Gasteiger partial charge in [-0.25, -0.2) is 4.39 Å². The monoisotopic (exact) mass is 586 g/mol. The van der Waals surface area contributed by atoms with Gasteiger partial charge in [0.2, 0.25) is 11.8 Å². The van der Waals surface area contributed by atoms with E-state index in [-0.39, 0.29) is 40.9 Å². The lowest BCUT2D eigenvalue weighted by atomic mass is 10.0. The third-order valence-electron chi connectivity index (χ3n) is 5.80. The van der Waals surface area contributed by atoms with Crippen LogP contribution in [0.5, 0.6) is 11.5 Å². The molecule has 4 rings (SSSR count). The molecule has 0 unspecified atom stereocenters. The summed E-state index contributed by atoms with van der Waals surface area (Å²) in [7, 11) is 1.48. The fourth-order valence-electron chi connectivity index (χ4n) is 3.91. The molecule has 0 aliphatic carbocycles. The van der Waals surface area contributed by atoms with E-state index in [2.05, 4.69) is 15.6 Å². The first-order chi connectivity index (χ1) is 19.4. The van der Waals surface area contributed by atoms with Crippen LogP contribution in [0.25, 0.3) is 10.9 Å². The molecule has 1 heterocycles. The Kier molecular flexibility index (Phi) is 8.79. The molecule has 0 saturated heterocycles. The highest BCUT2D eigenvalue weighted by Crippen LogP contribution is 2.33. The lowest BCUT2D eigenvalue weighted by Gasteiger charge is -2.14. The van der Waals surface area contributed by atoms with Crippen LogP contribution < -0.4 is 21.1 Å². The number of amides is 2. The molecule has 0 bridgehead atoms. The van der Waals surface area contributed by atoms with E-state index in [4.69, 9.17) is 27.4 Å². The molecule has 13 heteroatoms. The van der Waals surface area contributed by atoms with Gasteiger partial charge < -0.3 is 25.8 Å². The number of methoxy groups -OCH3 is 1. The second kappa shape index (κ2) is 12.3. The smallest absolute Gasteiger partial charge is 0.416 e. The van der Waals surface area contributed by atoms with Crippen LogP contribution in [0.15, 0.2) is 66.9 Å². The number of hydrogen-bond acceptors (Lipinski definition) is 6. The molecule has 0 radical (unpaired) electrons. The zero-order valence-electron chi connectivity index (χ0n) is 21.3. The third kappa shape index (κ3) is 7.32. The molecule has 0 aliphatic rings. The Hall–Kier alpha value is -4.62. The van der Waals surface area contributed by atoms with Crippen molar-refractivity contribution >= 4 is 45.7 Å². The summed E-state index contributed by atoms with van der Waals surface area (Å²) >= 11 is 5.10. The maximum Gasteiger partial charge on any atom is 0.416 e. The molecule has 0 saturated carbocycles. The van der Waals surface area contributed by atoms with E-state index in [1.54, 1.807) is 6.07 Å². The number of anilines is 1. The Labute approximate surface area is 236 Å². The zero-order valence-corrected chi connectivity index (χ0v) is 22.2. The number of fused-ring (bicyclic) bond motifs is 1. The average molecular weight is 587 g/mol. The van der Waals surface area contributed by atoms with Gasteiger partial charge in [0.05, 0.1) is 24.1 Å². The molecular weight excluding hydrogens is 564 g/mol. The lowest BCUT2D eigenvalue weighted by molar-refractivity contribution is -0.137. The number of aromatic nitrogens is 1. The molecule has 2 amide bonds. The fraction of sp³-hybridized carbons (Fsp3) is 0.143. The van der Waals surface area contributed by atoms with Gasteiger partial charge in [0.25, 0.3) is 0 Å². The van der Waals surface area contributed by atoms with E-state index < -0.39 is 29.4 Å². The summed E-state index contributed by atoms with van der Waals surface area (Å²) in [5.41, 5.74) is 6.48. The number of pyridine rings is 1. The molecule has 4 aromatic rings. The quantitative estimate of drug-likeness (QED) is 0.185. The summed E-state index contributed by atoms with van der Waals surface area (Å²) in [5.74, 6) is -1.91. The van der Waals surface area contributed by atoms with Crippen molar-refractivity contribution in [3.8, 4) is 11.5 Å². The van der Waals surface area contributed by atoms with Crippen LogP contribution >= 0.6 is 12.2 Å². The van der Waals surface area contributed by atoms with Crippen LogP contribution in [0, 0.1) is 5.82 Å². The Balaban J connectivity index is 1.42. The van der Waals surface area contributed by atoms with Crippen molar-refractivity contribution in [2.75, 3.05) is 12.4 Å². The number of ether oxygens (including phenoxy) is 2. The fourth-order valence-corrected chi connectivity index (χ4v) is 4.15. The van der Waals surface area contributed by atoms with Gasteiger partial charge in [0.15, 0.2) is 16.7 Å². The van der Waals surface area contributed by atoms with E-state index in [0.29, 0.717) is 22.0 Å². The topological polar surface area (TPSA) is 116 Å². The highest BCUT2D eigenvalue weighted by molar-refractivity contribution is 7.80. The molecule has 3 aromatic carbocycles. The molecule has 0 fully saturated rings. The summed E-state index contributed by atoms with van der Waals surface area (Å²) in [4.78, 5) is 28.5. The minimum atomic E-state index is -4.48. The van der Waals surface area contributed by atoms with Gasteiger partial charge in [-0.1, -0.05) is 12.1 Å². The van der Waals surface area contributed by atoms with Crippen molar-refractivity contribution in [1.82, 2.24) is 10.3 Å². The number of nitrogens with one attached hydrogen (secondary N) is 2. The van der Waals surface area contributed by atoms with Crippen LogP contribution in [-0.2, 0) is 28.7 Å². The number of halogens is 4. The second-order valence-corrected chi connectivity index (χ2v) is 9.16. The van der Waals surface area contributed by atoms with Gasteiger partial charge in [-0.2, -0.15) is 13.2 Å². The molecule has 4 N–H and O–H groups in total. The predicted octanol–water partition coefficient (Wildman–Crippen LogP) is 5.49. The summed E-state index contributed by atoms with van der Waals surface area (Å²) in [6.07, 6.45) is -3.22.